The van der Waals surface area contributed by atoms with E-state index in [2.05, 4.69) is 11.3 Å². The second kappa shape index (κ2) is 8.79. The van der Waals surface area contributed by atoms with E-state index in [1.807, 2.05) is 6.07 Å². The maximum Gasteiger partial charge on any atom is 0.573 e. The topological polar surface area (TPSA) is 59.0 Å². The Kier molecular flexibility index (Phi) is 6.36. The summed E-state index contributed by atoms with van der Waals surface area (Å²) >= 11 is 0. The molecule has 5 nitrogen and oxygen atoms in total. The molecule has 0 bridgehead atoms. The second-order valence-electron chi connectivity index (χ2n) is 6.95. The van der Waals surface area contributed by atoms with Crippen LogP contribution in [0.3, 0.4) is 0 Å². The predicted octanol–water partition coefficient (Wildman–Crippen LogP) is 4.21. The molecule has 3 rings (SSSR count). The molecule has 0 spiro atoms. The first-order valence-corrected chi connectivity index (χ1v) is 9.38. The third-order valence-corrected chi connectivity index (χ3v) is 4.92. The number of ether oxygens (including phenoxy) is 2. The molecule has 160 valence electrons. The molecule has 8 heteroatoms. The molecule has 0 aliphatic carbocycles. The molecule has 1 heterocycles. The average Bonchev–Trinajstić information content (AvgIpc) is 2.72. The van der Waals surface area contributed by atoms with Gasteiger partial charge in [0.05, 0.1) is 13.2 Å². The molecule has 2 aromatic rings. The molecule has 0 saturated carbocycles. The zero-order valence-corrected chi connectivity index (χ0v) is 16.5. The number of alkyl halides is 3. The number of nitrogens with zero attached hydrogens (tertiary/aromatic N) is 1. The molecule has 0 unspecified atom stereocenters. The van der Waals surface area contributed by atoms with E-state index >= 15 is 0 Å². The van der Waals surface area contributed by atoms with E-state index in [1.54, 1.807) is 7.05 Å². The lowest BCUT2D eigenvalue weighted by molar-refractivity contribution is -0.274. The summed E-state index contributed by atoms with van der Waals surface area (Å²) in [4.78, 5) is 13.4. The summed E-state index contributed by atoms with van der Waals surface area (Å²) in [7, 11) is 1.63. The summed E-state index contributed by atoms with van der Waals surface area (Å²) in [6.45, 7) is 4.02. The van der Waals surface area contributed by atoms with Crippen molar-refractivity contribution in [1.29, 1.82) is 0 Å². The molecule has 1 aliphatic heterocycles. The van der Waals surface area contributed by atoms with Gasteiger partial charge in [0.1, 0.15) is 11.5 Å². The lowest BCUT2D eigenvalue weighted by atomic mass is 9.89. The Bertz CT molecular complexity index is 939. The molecule has 0 atom stereocenters. The quantitative estimate of drug-likeness (QED) is 0.710. The third kappa shape index (κ3) is 4.76. The fraction of sp³-hybridized carbons (Fsp3) is 0.318. The van der Waals surface area contributed by atoms with Crippen molar-refractivity contribution in [1.82, 2.24) is 4.90 Å². The van der Waals surface area contributed by atoms with Crippen molar-refractivity contribution in [3.05, 3.63) is 59.7 Å². The van der Waals surface area contributed by atoms with E-state index in [0.717, 1.165) is 17.5 Å². The Morgan fingerprint density at radius 1 is 1.33 bits per heavy atom. The number of hydrogen-bond acceptors (Lipinski definition) is 4. The summed E-state index contributed by atoms with van der Waals surface area (Å²) in [5.74, 6) is 0.0313. The monoisotopic (exact) mass is 421 g/mol. The van der Waals surface area contributed by atoms with Crippen LogP contribution in [0.5, 0.6) is 11.5 Å². The van der Waals surface area contributed by atoms with Gasteiger partial charge in [-0.05, 0) is 53.8 Å². The highest BCUT2D eigenvalue weighted by Crippen LogP contribution is 2.41. The minimum absolute atomic E-state index is 0.213. The number of carbonyl (C=O) groups excluding carboxylic acids is 1. The fourth-order valence-electron chi connectivity index (χ4n) is 3.55. The van der Waals surface area contributed by atoms with Crippen molar-refractivity contribution in [2.75, 3.05) is 13.7 Å². The molecule has 30 heavy (non-hydrogen) atoms. The number of aliphatic hydroxyl groups is 1. The van der Waals surface area contributed by atoms with Crippen LogP contribution in [0.1, 0.15) is 23.1 Å². The summed E-state index contributed by atoms with van der Waals surface area (Å²) < 4.78 is 47.1. The van der Waals surface area contributed by atoms with Crippen LogP contribution in [-0.2, 0) is 24.4 Å². The zero-order valence-electron chi connectivity index (χ0n) is 16.5. The molecule has 0 fully saturated rings. The van der Waals surface area contributed by atoms with E-state index in [0.29, 0.717) is 35.5 Å². The van der Waals surface area contributed by atoms with Gasteiger partial charge in [-0.25, -0.2) is 0 Å². The van der Waals surface area contributed by atoms with E-state index in [9.17, 15) is 23.1 Å². The lowest BCUT2D eigenvalue weighted by Gasteiger charge is -2.27. The van der Waals surface area contributed by atoms with Gasteiger partial charge in [-0.15, -0.1) is 13.2 Å². The van der Waals surface area contributed by atoms with Crippen molar-refractivity contribution < 1.29 is 32.5 Å². The van der Waals surface area contributed by atoms with Crippen molar-refractivity contribution in [2.45, 2.75) is 32.4 Å². The molecule has 1 amide bonds. The van der Waals surface area contributed by atoms with Gasteiger partial charge in [0, 0.05) is 24.7 Å². The first-order chi connectivity index (χ1) is 14.2. The summed E-state index contributed by atoms with van der Waals surface area (Å²) in [5.41, 5.74) is 3.63. The Morgan fingerprint density at radius 3 is 2.63 bits per heavy atom. The number of rotatable bonds is 6. The molecular weight excluding hydrogens is 399 g/mol. The van der Waals surface area contributed by atoms with Gasteiger partial charge in [-0.1, -0.05) is 18.7 Å². The summed E-state index contributed by atoms with van der Waals surface area (Å²) in [5, 5.41) is 9.99. The molecule has 0 saturated heterocycles. The Labute approximate surface area is 172 Å². The van der Waals surface area contributed by atoms with E-state index in [1.165, 1.54) is 35.2 Å². The number of aliphatic hydroxyl groups excluding tert-OH is 1. The van der Waals surface area contributed by atoms with Crippen molar-refractivity contribution in [3.63, 3.8) is 0 Å². The highest BCUT2D eigenvalue weighted by atomic mass is 19.4. The van der Waals surface area contributed by atoms with Crippen molar-refractivity contribution >= 4 is 5.91 Å². The van der Waals surface area contributed by atoms with Gasteiger partial charge < -0.3 is 19.5 Å². The maximum atomic E-state index is 12.4. The first-order valence-electron chi connectivity index (χ1n) is 9.38. The van der Waals surface area contributed by atoms with Crippen LogP contribution in [0.2, 0.25) is 0 Å². The minimum Gasteiger partial charge on any atom is -0.493 e. The average molecular weight is 421 g/mol. The number of amides is 1. The van der Waals surface area contributed by atoms with Crippen LogP contribution in [0.15, 0.2) is 43.0 Å². The zero-order chi connectivity index (χ0) is 21.9. The van der Waals surface area contributed by atoms with Gasteiger partial charge >= 0.3 is 6.36 Å². The second-order valence-corrected chi connectivity index (χ2v) is 6.95. The predicted molar refractivity (Wildman–Crippen MR) is 105 cm³/mol. The maximum absolute atomic E-state index is 12.4. The van der Waals surface area contributed by atoms with Crippen LogP contribution >= 0.6 is 0 Å². The minimum atomic E-state index is -4.76. The highest BCUT2D eigenvalue weighted by molar-refractivity contribution is 5.86. The number of benzene rings is 2. The normalized spacial score (nSPS) is 13.2. The first kappa shape index (κ1) is 21.7. The molecule has 0 radical (unpaired) electrons. The SMILES string of the molecule is C=CC(=O)N(C)Cc1cc(-c2ccc(OC(F)(F)F)cc2)c2c(c1CO)CCCO2. The number of fused-ring (bicyclic) bond motifs is 1. The number of hydrogen-bond donors (Lipinski definition) is 1. The molecule has 2 aromatic carbocycles. The molecule has 1 aliphatic rings. The van der Waals surface area contributed by atoms with Gasteiger partial charge in [0.15, 0.2) is 0 Å². The number of likely N-dealkylation sites (N-methyl/N-ethyl adjacent to an activating group) is 1. The van der Waals surface area contributed by atoms with Gasteiger partial charge in [-0.3, -0.25) is 4.79 Å². The van der Waals surface area contributed by atoms with Gasteiger partial charge in [-0.2, -0.15) is 0 Å². The highest BCUT2D eigenvalue weighted by Gasteiger charge is 2.31. The number of carbonyl (C=O) groups is 1. The standard InChI is InChI=1S/C22H22F3NO4/c1-3-20(28)26(2)12-15-11-18(21-17(19(15)13-27)5-4-10-29-21)14-6-8-16(9-7-14)30-22(23,24)25/h3,6-9,11,27H,1,4-5,10,12-13H2,2H3. The van der Waals surface area contributed by atoms with E-state index < -0.39 is 6.36 Å². The fourth-order valence-corrected chi connectivity index (χ4v) is 3.55. The van der Waals surface area contributed by atoms with Crippen LogP contribution < -0.4 is 9.47 Å². The Hall–Kier alpha value is -3.00. The Balaban J connectivity index is 2.06. The lowest BCUT2D eigenvalue weighted by Crippen LogP contribution is -2.25. The van der Waals surface area contributed by atoms with Crippen molar-refractivity contribution in [2.24, 2.45) is 0 Å². The van der Waals surface area contributed by atoms with Gasteiger partial charge in [0.25, 0.3) is 0 Å². The summed E-state index contributed by atoms with van der Waals surface area (Å²) in [6, 6.07) is 7.34. The van der Waals surface area contributed by atoms with Crippen molar-refractivity contribution in [3.8, 4) is 22.6 Å². The smallest absolute Gasteiger partial charge is 0.493 e. The largest absolute Gasteiger partial charge is 0.573 e. The van der Waals surface area contributed by atoms with E-state index in [-0.39, 0.29) is 24.8 Å². The molecule has 0 aromatic heterocycles. The summed E-state index contributed by atoms with van der Waals surface area (Å²) in [6.07, 6.45) is -2.08. The van der Waals surface area contributed by atoms with Crippen LogP contribution in [-0.4, -0.2) is 35.9 Å². The molecule has 1 N–H and O–H groups in total. The third-order valence-electron chi connectivity index (χ3n) is 4.92. The number of halogens is 3. The van der Waals surface area contributed by atoms with E-state index in [4.69, 9.17) is 4.74 Å². The Morgan fingerprint density at radius 2 is 2.03 bits per heavy atom. The van der Waals surface area contributed by atoms with Gasteiger partial charge in [0.2, 0.25) is 5.91 Å². The van der Waals surface area contributed by atoms with Crippen LogP contribution in [0, 0.1) is 0 Å². The van der Waals surface area contributed by atoms with Crippen LogP contribution in [0.25, 0.3) is 11.1 Å². The molecular formula is C22H22F3NO4. The van der Waals surface area contributed by atoms with Crippen LogP contribution in [0.4, 0.5) is 13.2 Å².